The van der Waals surface area contributed by atoms with Gasteiger partial charge < -0.3 is 15.4 Å². The summed E-state index contributed by atoms with van der Waals surface area (Å²) in [5, 5.41) is 5.93. The summed E-state index contributed by atoms with van der Waals surface area (Å²) in [6.45, 7) is 2.38. The van der Waals surface area contributed by atoms with E-state index in [0.29, 0.717) is 24.7 Å². The molecule has 6 heteroatoms. The first-order valence-corrected chi connectivity index (χ1v) is 9.94. The average molecular weight is 371 g/mol. The number of carbonyl (C=O) groups is 2. The van der Waals surface area contributed by atoms with Gasteiger partial charge in [-0.1, -0.05) is 38.3 Å². The van der Waals surface area contributed by atoms with E-state index in [1.807, 2.05) is 38.2 Å². The van der Waals surface area contributed by atoms with Crippen LogP contribution in [0.25, 0.3) is 0 Å². The van der Waals surface area contributed by atoms with Crippen molar-refractivity contribution in [3.8, 4) is 0 Å². The summed E-state index contributed by atoms with van der Waals surface area (Å²) >= 11 is 0. The number of aliphatic imine (C=N–C) groups is 1. The van der Waals surface area contributed by atoms with Crippen LogP contribution >= 0.6 is 0 Å². The van der Waals surface area contributed by atoms with Gasteiger partial charge in [-0.3, -0.25) is 4.79 Å². The number of carbonyl (C=O) groups excluding carboxylic acids is 2. The highest BCUT2D eigenvalue weighted by molar-refractivity contribution is 6.09. The molecule has 1 heterocycles. The lowest BCUT2D eigenvalue weighted by Crippen LogP contribution is -2.45. The van der Waals surface area contributed by atoms with E-state index in [9.17, 15) is 9.59 Å². The fraction of sp³-hybridized carbons (Fsp3) is 0.571. The lowest BCUT2D eigenvalue weighted by atomic mass is 9.86. The standard InChI is InChI=1S/C21H29N3O3/c1-3-17-18(20(25)27-13-14-7-5-4-6-8-14)19(24-21(26)23-17)15-9-11-16(22-2)12-10-15/h9-12,14,18-19,22H,3-8,13H2,1-2H3,(H,24,26). The molecular formula is C21H29N3O3. The van der Waals surface area contributed by atoms with E-state index in [0.717, 1.165) is 24.1 Å². The van der Waals surface area contributed by atoms with Gasteiger partial charge in [0.05, 0.1) is 12.6 Å². The number of ether oxygens (including phenoxy) is 1. The minimum Gasteiger partial charge on any atom is -0.465 e. The molecule has 6 nitrogen and oxygen atoms in total. The first-order chi connectivity index (χ1) is 13.1. The van der Waals surface area contributed by atoms with Gasteiger partial charge in [0.1, 0.15) is 5.92 Å². The Morgan fingerprint density at radius 1 is 1.22 bits per heavy atom. The molecule has 1 saturated carbocycles. The monoisotopic (exact) mass is 371 g/mol. The van der Waals surface area contributed by atoms with E-state index < -0.39 is 18.0 Å². The topological polar surface area (TPSA) is 79.8 Å². The Morgan fingerprint density at radius 3 is 2.56 bits per heavy atom. The summed E-state index contributed by atoms with van der Waals surface area (Å²) in [4.78, 5) is 29.1. The van der Waals surface area contributed by atoms with Gasteiger partial charge in [-0.2, -0.15) is 0 Å². The van der Waals surface area contributed by atoms with Gasteiger partial charge >= 0.3 is 12.0 Å². The predicted molar refractivity (Wildman–Crippen MR) is 106 cm³/mol. The van der Waals surface area contributed by atoms with Crippen molar-refractivity contribution in [2.75, 3.05) is 19.0 Å². The summed E-state index contributed by atoms with van der Waals surface area (Å²) in [7, 11) is 1.85. The Morgan fingerprint density at radius 2 is 1.93 bits per heavy atom. The summed E-state index contributed by atoms with van der Waals surface area (Å²) < 4.78 is 5.70. The zero-order chi connectivity index (χ0) is 19.2. The molecule has 0 aromatic heterocycles. The quantitative estimate of drug-likeness (QED) is 0.738. The third-order valence-electron chi connectivity index (χ3n) is 5.58. The van der Waals surface area contributed by atoms with Crippen LogP contribution in [-0.2, 0) is 9.53 Å². The summed E-state index contributed by atoms with van der Waals surface area (Å²) in [6.07, 6.45) is 6.49. The minimum atomic E-state index is -0.572. The number of amides is 2. The zero-order valence-corrected chi connectivity index (χ0v) is 16.2. The van der Waals surface area contributed by atoms with Gasteiger partial charge in [-0.05, 0) is 42.9 Å². The normalized spacial score (nSPS) is 23.3. The van der Waals surface area contributed by atoms with Crippen LogP contribution in [0.1, 0.15) is 57.1 Å². The molecule has 3 rings (SSSR count). The third kappa shape index (κ3) is 4.67. The summed E-state index contributed by atoms with van der Waals surface area (Å²) in [6, 6.07) is 6.88. The molecule has 0 spiro atoms. The van der Waals surface area contributed by atoms with Crippen LogP contribution in [0.5, 0.6) is 0 Å². The molecule has 1 aliphatic heterocycles. The molecule has 27 heavy (non-hydrogen) atoms. The van der Waals surface area contributed by atoms with Crippen LogP contribution in [0.4, 0.5) is 10.5 Å². The van der Waals surface area contributed by atoms with Crippen molar-refractivity contribution in [1.29, 1.82) is 0 Å². The number of hydrogen-bond acceptors (Lipinski definition) is 4. The van der Waals surface area contributed by atoms with Crippen LogP contribution in [0.15, 0.2) is 29.3 Å². The van der Waals surface area contributed by atoms with E-state index >= 15 is 0 Å². The van der Waals surface area contributed by atoms with E-state index in [4.69, 9.17) is 4.74 Å². The fourth-order valence-corrected chi connectivity index (χ4v) is 3.99. The first kappa shape index (κ1) is 19.4. The van der Waals surface area contributed by atoms with Crippen LogP contribution in [0.3, 0.4) is 0 Å². The van der Waals surface area contributed by atoms with Gasteiger partial charge in [0.2, 0.25) is 0 Å². The number of rotatable bonds is 6. The Balaban J connectivity index is 1.78. The molecule has 2 unspecified atom stereocenters. The number of urea groups is 1. The highest BCUT2D eigenvalue weighted by atomic mass is 16.5. The smallest absolute Gasteiger partial charge is 0.341 e. The lowest BCUT2D eigenvalue weighted by molar-refractivity contribution is -0.148. The van der Waals surface area contributed by atoms with Gasteiger partial charge in [0, 0.05) is 18.4 Å². The minimum absolute atomic E-state index is 0.288. The van der Waals surface area contributed by atoms with Crippen LogP contribution in [0, 0.1) is 11.8 Å². The molecule has 0 radical (unpaired) electrons. The highest BCUT2D eigenvalue weighted by Crippen LogP contribution is 2.31. The Labute approximate surface area is 160 Å². The number of esters is 1. The van der Waals surface area contributed by atoms with Crippen LogP contribution < -0.4 is 10.6 Å². The van der Waals surface area contributed by atoms with Crippen molar-refractivity contribution in [1.82, 2.24) is 5.32 Å². The van der Waals surface area contributed by atoms with Gasteiger partial charge in [0.25, 0.3) is 0 Å². The second-order valence-electron chi connectivity index (χ2n) is 7.37. The zero-order valence-electron chi connectivity index (χ0n) is 16.2. The fourth-order valence-electron chi connectivity index (χ4n) is 3.99. The maximum atomic E-state index is 13.0. The molecule has 146 valence electrons. The Hall–Kier alpha value is -2.37. The van der Waals surface area contributed by atoms with Crippen molar-refractivity contribution in [3.05, 3.63) is 29.8 Å². The highest BCUT2D eigenvalue weighted by Gasteiger charge is 2.39. The van der Waals surface area contributed by atoms with Gasteiger partial charge in [0.15, 0.2) is 0 Å². The maximum Gasteiger partial charge on any atom is 0.341 e. The number of anilines is 1. The van der Waals surface area contributed by atoms with Crippen molar-refractivity contribution in [2.45, 2.75) is 51.5 Å². The average Bonchev–Trinajstić information content (AvgIpc) is 2.72. The molecule has 1 aromatic rings. The van der Waals surface area contributed by atoms with Crippen molar-refractivity contribution >= 4 is 23.4 Å². The number of nitrogens with zero attached hydrogens (tertiary/aromatic N) is 1. The Bertz CT molecular complexity index is 693. The van der Waals surface area contributed by atoms with Crippen molar-refractivity contribution in [2.24, 2.45) is 16.8 Å². The molecule has 0 bridgehead atoms. The molecule has 1 aliphatic carbocycles. The van der Waals surface area contributed by atoms with E-state index in [-0.39, 0.29) is 5.97 Å². The van der Waals surface area contributed by atoms with E-state index in [2.05, 4.69) is 15.6 Å². The molecule has 1 fully saturated rings. The molecule has 2 N–H and O–H groups in total. The number of benzene rings is 1. The first-order valence-electron chi connectivity index (χ1n) is 9.94. The van der Waals surface area contributed by atoms with E-state index in [1.54, 1.807) is 0 Å². The Kier molecular flexibility index (Phi) is 6.48. The molecular weight excluding hydrogens is 342 g/mol. The van der Waals surface area contributed by atoms with Crippen molar-refractivity contribution < 1.29 is 14.3 Å². The number of nitrogens with one attached hydrogen (secondary N) is 2. The molecule has 2 amide bonds. The molecule has 2 aliphatic rings. The lowest BCUT2D eigenvalue weighted by Gasteiger charge is -2.31. The SMILES string of the molecule is CCC1=NC(=O)NC(c2ccc(NC)cc2)C1C(=O)OCC1CCCCC1. The second kappa shape index (κ2) is 9.02. The molecule has 0 saturated heterocycles. The third-order valence-corrected chi connectivity index (χ3v) is 5.58. The van der Waals surface area contributed by atoms with Crippen LogP contribution in [-0.4, -0.2) is 31.4 Å². The van der Waals surface area contributed by atoms with E-state index in [1.165, 1.54) is 19.3 Å². The molecule has 2 atom stereocenters. The summed E-state index contributed by atoms with van der Waals surface area (Å²) in [5.74, 6) is -0.406. The van der Waals surface area contributed by atoms with Gasteiger partial charge in [-0.25, -0.2) is 9.79 Å². The van der Waals surface area contributed by atoms with Gasteiger partial charge in [-0.15, -0.1) is 0 Å². The predicted octanol–water partition coefficient (Wildman–Crippen LogP) is 4.08. The number of hydrogen-bond donors (Lipinski definition) is 2. The maximum absolute atomic E-state index is 13.0. The largest absolute Gasteiger partial charge is 0.465 e. The summed E-state index contributed by atoms with van der Waals surface area (Å²) in [5.41, 5.74) is 2.44. The second-order valence-corrected chi connectivity index (χ2v) is 7.37. The molecule has 1 aromatic carbocycles. The van der Waals surface area contributed by atoms with Crippen LogP contribution in [0.2, 0.25) is 0 Å². The van der Waals surface area contributed by atoms with Crippen molar-refractivity contribution in [3.63, 3.8) is 0 Å².